The zero-order chi connectivity index (χ0) is 18.0. The maximum Gasteiger partial charge on any atom is 0.356 e. The van der Waals surface area contributed by atoms with Crippen molar-refractivity contribution in [2.45, 2.75) is 26.0 Å². The van der Waals surface area contributed by atoms with Crippen LogP contribution in [0.3, 0.4) is 0 Å². The van der Waals surface area contributed by atoms with Gasteiger partial charge in [0, 0.05) is 25.2 Å². The molecular weight excluding hydrogens is 318 g/mol. The molecule has 6 heteroatoms. The van der Waals surface area contributed by atoms with Gasteiger partial charge in [0.05, 0.1) is 6.10 Å². The SMILES string of the molecule is CC(C)ON(C(=O)NN(C)C)C1c2ccccc2Oc2ccccc21. The van der Waals surface area contributed by atoms with E-state index in [2.05, 4.69) is 5.43 Å². The molecule has 2 aromatic carbocycles. The van der Waals surface area contributed by atoms with E-state index in [1.54, 1.807) is 19.1 Å². The quantitative estimate of drug-likeness (QED) is 0.862. The summed E-state index contributed by atoms with van der Waals surface area (Å²) in [7, 11) is 3.52. The van der Waals surface area contributed by atoms with Crippen LogP contribution in [0.25, 0.3) is 0 Å². The van der Waals surface area contributed by atoms with E-state index in [0.29, 0.717) is 0 Å². The molecule has 1 aliphatic rings. The smallest absolute Gasteiger partial charge is 0.356 e. The fraction of sp³-hybridized carbons (Fsp3) is 0.316. The van der Waals surface area contributed by atoms with E-state index in [9.17, 15) is 4.79 Å². The van der Waals surface area contributed by atoms with Crippen molar-refractivity contribution < 1.29 is 14.4 Å². The number of hydrazine groups is 1. The highest BCUT2D eigenvalue weighted by molar-refractivity contribution is 5.74. The van der Waals surface area contributed by atoms with Crippen LogP contribution < -0.4 is 10.2 Å². The lowest BCUT2D eigenvalue weighted by atomic mass is 9.94. The third kappa shape index (κ3) is 3.60. The van der Waals surface area contributed by atoms with Crippen LogP contribution in [0.4, 0.5) is 4.79 Å². The second-order valence-electron chi connectivity index (χ2n) is 6.37. The Kier molecular flexibility index (Phi) is 4.92. The van der Waals surface area contributed by atoms with Crippen molar-refractivity contribution in [3.8, 4) is 11.5 Å². The number of nitrogens with zero attached hydrogens (tertiary/aromatic N) is 2. The third-order valence-electron chi connectivity index (χ3n) is 3.73. The van der Waals surface area contributed by atoms with Gasteiger partial charge in [-0.05, 0) is 26.0 Å². The topological polar surface area (TPSA) is 54.0 Å². The molecule has 0 radical (unpaired) electrons. The molecule has 1 heterocycles. The van der Waals surface area contributed by atoms with Crippen molar-refractivity contribution in [1.29, 1.82) is 0 Å². The highest BCUT2D eigenvalue weighted by atomic mass is 16.7. The molecule has 0 bridgehead atoms. The predicted molar refractivity (Wildman–Crippen MR) is 95.1 cm³/mol. The molecule has 2 amide bonds. The van der Waals surface area contributed by atoms with Gasteiger partial charge in [0.2, 0.25) is 0 Å². The van der Waals surface area contributed by atoms with Gasteiger partial charge in [0.1, 0.15) is 17.5 Å². The summed E-state index contributed by atoms with van der Waals surface area (Å²) in [5, 5.41) is 2.99. The number of rotatable bonds is 4. The Balaban J connectivity index is 2.09. The van der Waals surface area contributed by atoms with Crippen molar-refractivity contribution in [3.05, 3.63) is 59.7 Å². The van der Waals surface area contributed by atoms with Gasteiger partial charge in [-0.2, -0.15) is 5.06 Å². The van der Waals surface area contributed by atoms with Crippen molar-refractivity contribution in [2.75, 3.05) is 14.1 Å². The fourth-order valence-corrected chi connectivity index (χ4v) is 2.83. The average molecular weight is 341 g/mol. The highest BCUT2D eigenvalue weighted by Gasteiger charge is 2.36. The molecule has 6 nitrogen and oxygen atoms in total. The summed E-state index contributed by atoms with van der Waals surface area (Å²) in [5.74, 6) is 1.45. The normalized spacial score (nSPS) is 13.2. The first-order valence-electron chi connectivity index (χ1n) is 8.27. The summed E-state index contributed by atoms with van der Waals surface area (Å²) < 4.78 is 6.00. The number of urea groups is 1. The molecule has 0 atom stereocenters. The van der Waals surface area contributed by atoms with Gasteiger partial charge >= 0.3 is 6.03 Å². The number of ether oxygens (including phenoxy) is 1. The molecule has 0 spiro atoms. The minimum absolute atomic E-state index is 0.157. The van der Waals surface area contributed by atoms with Gasteiger partial charge in [-0.15, -0.1) is 0 Å². The summed E-state index contributed by atoms with van der Waals surface area (Å²) in [4.78, 5) is 18.7. The molecule has 0 aliphatic carbocycles. The van der Waals surface area contributed by atoms with Crippen LogP contribution in [0.5, 0.6) is 11.5 Å². The Bertz CT molecular complexity index is 716. The third-order valence-corrected chi connectivity index (χ3v) is 3.73. The Morgan fingerprint density at radius 1 is 1.04 bits per heavy atom. The number of benzene rings is 2. The second kappa shape index (κ2) is 7.13. The van der Waals surface area contributed by atoms with Crippen LogP contribution in [0.1, 0.15) is 31.0 Å². The number of fused-ring (bicyclic) bond motifs is 2. The predicted octanol–water partition coefficient (Wildman–Crippen LogP) is 3.71. The van der Waals surface area contributed by atoms with Crippen molar-refractivity contribution in [3.63, 3.8) is 0 Å². The van der Waals surface area contributed by atoms with E-state index in [1.807, 2.05) is 62.4 Å². The molecule has 0 fully saturated rings. The van der Waals surface area contributed by atoms with Crippen LogP contribution in [-0.2, 0) is 4.84 Å². The van der Waals surface area contributed by atoms with E-state index < -0.39 is 6.04 Å². The second-order valence-corrected chi connectivity index (χ2v) is 6.37. The van der Waals surface area contributed by atoms with Crippen LogP contribution in [0.2, 0.25) is 0 Å². The summed E-state index contributed by atoms with van der Waals surface area (Å²) >= 11 is 0. The van der Waals surface area contributed by atoms with Crippen molar-refractivity contribution in [1.82, 2.24) is 15.5 Å². The van der Waals surface area contributed by atoms with E-state index in [0.717, 1.165) is 22.6 Å². The van der Waals surface area contributed by atoms with Gasteiger partial charge in [0.15, 0.2) is 0 Å². The number of hydrogen-bond acceptors (Lipinski definition) is 4. The van der Waals surface area contributed by atoms with Crippen molar-refractivity contribution in [2.24, 2.45) is 0 Å². The maximum absolute atomic E-state index is 12.8. The monoisotopic (exact) mass is 341 g/mol. The standard InChI is InChI=1S/C19H23N3O3/c1-13(2)25-22(19(23)20-21(3)4)18-14-9-5-7-11-16(14)24-17-12-8-6-10-15(17)18/h5-13,18H,1-4H3,(H,20,23). The summed E-state index contributed by atoms with van der Waals surface area (Å²) in [6, 6.07) is 14.7. The van der Waals surface area contributed by atoms with Crippen LogP contribution in [0.15, 0.2) is 48.5 Å². The lowest BCUT2D eigenvalue weighted by Gasteiger charge is -2.37. The molecular formula is C19H23N3O3. The molecule has 25 heavy (non-hydrogen) atoms. The molecule has 2 aromatic rings. The fourth-order valence-electron chi connectivity index (χ4n) is 2.83. The van der Waals surface area contributed by atoms with Gasteiger partial charge in [-0.25, -0.2) is 9.80 Å². The van der Waals surface area contributed by atoms with Crippen molar-refractivity contribution >= 4 is 6.03 Å². The number of carbonyl (C=O) groups excluding carboxylic acids is 1. The molecule has 0 saturated heterocycles. The number of carbonyl (C=O) groups is 1. The number of amides is 2. The minimum atomic E-state index is -0.400. The molecule has 0 aromatic heterocycles. The van der Waals surface area contributed by atoms with Gasteiger partial charge in [0.25, 0.3) is 0 Å². The van der Waals surface area contributed by atoms with Crippen LogP contribution in [0, 0.1) is 0 Å². The summed E-state index contributed by atoms with van der Waals surface area (Å²) in [6.07, 6.45) is -0.157. The first kappa shape index (κ1) is 17.3. The Morgan fingerprint density at radius 2 is 1.56 bits per heavy atom. The molecule has 0 unspecified atom stereocenters. The average Bonchev–Trinajstić information content (AvgIpc) is 2.57. The van der Waals surface area contributed by atoms with E-state index in [4.69, 9.17) is 9.57 Å². The number of hydroxylamine groups is 2. The Hall–Kier alpha value is -2.57. The van der Waals surface area contributed by atoms with Gasteiger partial charge < -0.3 is 4.74 Å². The molecule has 1 N–H and O–H groups in total. The Morgan fingerprint density at radius 3 is 2.04 bits per heavy atom. The Labute approximate surface area is 147 Å². The molecule has 0 saturated carbocycles. The van der Waals surface area contributed by atoms with Crippen LogP contribution >= 0.6 is 0 Å². The first-order valence-corrected chi connectivity index (χ1v) is 8.27. The van der Waals surface area contributed by atoms with E-state index in [-0.39, 0.29) is 12.1 Å². The minimum Gasteiger partial charge on any atom is -0.457 e. The number of nitrogens with one attached hydrogen (secondary N) is 1. The van der Waals surface area contributed by atoms with Gasteiger partial charge in [-0.1, -0.05) is 36.4 Å². The molecule has 132 valence electrons. The highest BCUT2D eigenvalue weighted by Crippen LogP contribution is 2.45. The maximum atomic E-state index is 12.8. The lowest BCUT2D eigenvalue weighted by Crippen LogP contribution is -2.48. The summed E-state index contributed by atoms with van der Waals surface area (Å²) in [5.41, 5.74) is 4.53. The number of para-hydroxylation sites is 2. The van der Waals surface area contributed by atoms with E-state index >= 15 is 0 Å². The zero-order valence-corrected chi connectivity index (χ0v) is 14.9. The molecule has 1 aliphatic heterocycles. The summed E-state index contributed by atoms with van der Waals surface area (Å²) in [6.45, 7) is 3.79. The lowest BCUT2D eigenvalue weighted by molar-refractivity contribution is -0.169. The van der Waals surface area contributed by atoms with E-state index in [1.165, 1.54) is 5.06 Å². The number of hydrogen-bond donors (Lipinski definition) is 1. The van der Waals surface area contributed by atoms with Gasteiger partial charge in [-0.3, -0.25) is 10.3 Å². The molecule has 3 rings (SSSR count). The first-order chi connectivity index (χ1) is 12.0. The van der Waals surface area contributed by atoms with Crippen LogP contribution in [-0.4, -0.2) is 36.3 Å². The largest absolute Gasteiger partial charge is 0.457 e. The zero-order valence-electron chi connectivity index (χ0n) is 14.9.